The van der Waals surface area contributed by atoms with Crippen LogP contribution in [0.25, 0.3) is 0 Å². The lowest BCUT2D eigenvalue weighted by Crippen LogP contribution is -2.10. The molecule has 0 aliphatic carbocycles. The van der Waals surface area contributed by atoms with Crippen LogP contribution < -0.4 is 0 Å². The van der Waals surface area contributed by atoms with Gasteiger partial charge in [0.1, 0.15) is 0 Å². The Morgan fingerprint density at radius 2 is 1.84 bits per heavy atom. The zero-order valence-corrected chi connectivity index (χ0v) is 14.0. The summed E-state index contributed by atoms with van der Waals surface area (Å²) < 4.78 is 5.04. The third-order valence-electron chi connectivity index (χ3n) is 3.29. The molecule has 0 aromatic carbocycles. The van der Waals surface area contributed by atoms with Crippen LogP contribution in [0, 0.1) is 13.8 Å². The van der Waals surface area contributed by atoms with Crippen molar-refractivity contribution < 1.29 is 0 Å². The fourth-order valence-corrected chi connectivity index (χ4v) is 2.96. The van der Waals surface area contributed by atoms with Crippen molar-refractivity contribution in [2.45, 2.75) is 47.2 Å². The van der Waals surface area contributed by atoms with E-state index in [1.165, 1.54) is 0 Å². The second-order valence-corrected chi connectivity index (χ2v) is 5.69. The van der Waals surface area contributed by atoms with Crippen molar-refractivity contribution >= 4 is 27.5 Å². The van der Waals surface area contributed by atoms with Gasteiger partial charge >= 0.3 is 0 Å². The minimum Gasteiger partial charge on any atom is -0.267 e. The highest BCUT2D eigenvalue weighted by Gasteiger charge is 2.17. The molecule has 2 heterocycles. The lowest BCUT2D eigenvalue weighted by Gasteiger charge is -2.07. The molecule has 6 heteroatoms. The van der Waals surface area contributed by atoms with Crippen molar-refractivity contribution in [2.75, 3.05) is 0 Å². The van der Waals surface area contributed by atoms with Crippen molar-refractivity contribution in [1.82, 2.24) is 19.6 Å². The highest BCUT2D eigenvalue weighted by molar-refractivity contribution is 9.10. The van der Waals surface area contributed by atoms with Gasteiger partial charge in [0.2, 0.25) is 0 Å². The van der Waals surface area contributed by atoms with Crippen LogP contribution in [0.4, 0.5) is 0 Å². The molecule has 0 aliphatic rings. The van der Waals surface area contributed by atoms with E-state index in [0.29, 0.717) is 6.54 Å². The van der Waals surface area contributed by atoms with Crippen molar-refractivity contribution in [3.05, 3.63) is 32.3 Å². The maximum Gasteiger partial charge on any atom is 0.0844 e. The Labute approximate surface area is 126 Å². The second-order valence-electron chi connectivity index (χ2n) is 4.52. The second kappa shape index (κ2) is 5.67. The van der Waals surface area contributed by atoms with Crippen LogP contribution in [0.5, 0.6) is 0 Å². The molecule has 19 heavy (non-hydrogen) atoms. The Hall–Kier alpha value is -0.810. The number of hydrogen-bond donors (Lipinski definition) is 0. The van der Waals surface area contributed by atoms with Crippen LogP contribution in [-0.2, 0) is 19.5 Å². The Balaban J connectivity index is 2.42. The van der Waals surface area contributed by atoms with Gasteiger partial charge in [0.05, 0.1) is 38.8 Å². The van der Waals surface area contributed by atoms with Gasteiger partial charge in [-0.2, -0.15) is 10.2 Å². The van der Waals surface area contributed by atoms with Crippen LogP contribution in [0.3, 0.4) is 0 Å². The van der Waals surface area contributed by atoms with Gasteiger partial charge in [0, 0.05) is 6.54 Å². The Morgan fingerprint density at radius 3 is 2.32 bits per heavy atom. The van der Waals surface area contributed by atoms with Gasteiger partial charge in [-0.25, -0.2) is 0 Å². The molecule has 2 rings (SSSR count). The van der Waals surface area contributed by atoms with Gasteiger partial charge in [-0.15, -0.1) is 0 Å². The summed E-state index contributed by atoms with van der Waals surface area (Å²) in [7, 11) is 0. The van der Waals surface area contributed by atoms with E-state index in [1.54, 1.807) is 0 Å². The molecule has 0 saturated heterocycles. The first-order valence-corrected chi connectivity index (χ1v) is 7.60. The molecular formula is C13H18BrClN4. The van der Waals surface area contributed by atoms with E-state index in [0.717, 1.165) is 45.2 Å². The molecule has 2 aromatic heterocycles. The average molecular weight is 346 g/mol. The minimum absolute atomic E-state index is 0.681. The van der Waals surface area contributed by atoms with Gasteiger partial charge in [-0.05, 0) is 43.1 Å². The Morgan fingerprint density at radius 1 is 1.16 bits per heavy atom. The number of nitrogens with zero attached hydrogens (tertiary/aromatic N) is 4. The van der Waals surface area contributed by atoms with E-state index in [9.17, 15) is 0 Å². The number of aryl methyl sites for hydroxylation is 3. The number of halogens is 2. The maximum atomic E-state index is 6.19. The molecule has 0 radical (unpaired) electrons. The first-order chi connectivity index (χ1) is 8.99. The van der Waals surface area contributed by atoms with Crippen molar-refractivity contribution in [2.24, 2.45) is 0 Å². The number of rotatable bonds is 4. The van der Waals surface area contributed by atoms with Crippen LogP contribution >= 0.6 is 27.5 Å². The van der Waals surface area contributed by atoms with E-state index < -0.39 is 0 Å². The van der Waals surface area contributed by atoms with E-state index in [4.69, 9.17) is 11.6 Å². The summed E-state index contributed by atoms with van der Waals surface area (Å²) in [5.74, 6) is 0. The van der Waals surface area contributed by atoms with E-state index >= 15 is 0 Å². The molecule has 104 valence electrons. The summed E-state index contributed by atoms with van der Waals surface area (Å²) in [6, 6.07) is 0. The smallest absolute Gasteiger partial charge is 0.0844 e. The summed E-state index contributed by atoms with van der Waals surface area (Å²) in [6.45, 7) is 9.65. The fourth-order valence-electron chi connectivity index (χ4n) is 2.14. The van der Waals surface area contributed by atoms with Crippen molar-refractivity contribution in [3.63, 3.8) is 0 Å². The first-order valence-electron chi connectivity index (χ1n) is 6.43. The number of aromatic nitrogens is 4. The van der Waals surface area contributed by atoms with E-state index in [1.807, 2.05) is 23.2 Å². The highest BCUT2D eigenvalue weighted by Crippen LogP contribution is 2.25. The van der Waals surface area contributed by atoms with Crippen LogP contribution in [0.1, 0.15) is 36.6 Å². The summed E-state index contributed by atoms with van der Waals surface area (Å²) in [5, 5.41) is 9.82. The molecule has 4 nitrogen and oxygen atoms in total. The summed E-state index contributed by atoms with van der Waals surface area (Å²) in [4.78, 5) is 0. The molecule has 0 amide bonds. The third-order valence-corrected chi connectivity index (χ3v) is 4.75. The van der Waals surface area contributed by atoms with Crippen LogP contribution in [0.2, 0.25) is 5.02 Å². The van der Waals surface area contributed by atoms with E-state index in [-0.39, 0.29) is 0 Å². The van der Waals surface area contributed by atoms with Gasteiger partial charge < -0.3 is 0 Å². The van der Waals surface area contributed by atoms with E-state index in [2.05, 4.69) is 40.0 Å². The number of hydrogen-bond acceptors (Lipinski definition) is 2. The third kappa shape index (κ3) is 2.58. The molecule has 0 bridgehead atoms. The summed E-state index contributed by atoms with van der Waals surface area (Å²) >= 11 is 9.85. The topological polar surface area (TPSA) is 35.6 Å². The standard InChI is InChI=1S/C13H18BrClN4/c1-5-10-12(14)11(18(6-2)17-10)7-19-9(4)13(15)8(3)16-19/h5-7H2,1-4H3. The quantitative estimate of drug-likeness (QED) is 0.846. The summed E-state index contributed by atoms with van der Waals surface area (Å²) in [6.07, 6.45) is 0.915. The van der Waals surface area contributed by atoms with Gasteiger partial charge in [-0.1, -0.05) is 18.5 Å². The molecule has 2 aromatic rings. The maximum absolute atomic E-state index is 6.19. The zero-order chi connectivity index (χ0) is 14.2. The van der Waals surface area contributed by atoms with Crippen LogP contribution in [-0.4, -0.2) is 19.6 Å². The predicted octanol–water partition coefficient (Wildman–Crippen LogP) is 3.74. The SMILES string of the molecule is CCc1nn(CC)c(Cn2nc(C)c(Cl)c2C)c1Br. The molecular weight excluding hydrogens is 328 g/mol. The molecule has 0 spiro atoms. The molecule has 0 saturated carbocycles. The zero-order valence-electron chi connectivity index (χ0n) is 11.7. The molecule has 0 atom stereocenters. The lowest BCUT2D eigenvalue weighted by molar-refractivity contribution is 0.564. The van der Waals surface area contributed by atoms with Gasteiger partial charge in [0.15, 0.2) is 0 Å². The monoisotopic (exact) mass is 344 g/mol. The summed E-state index contributed by atoms with van der Waals surface area (Å²) in [5.41, 5.74) is 4.09. The molecule has 0 fully saturated rings. The molecule has 0 N–H and O–H groups in total. The largest absolute Gasteiger partial charge is 0.267 e. The van der Waals surface area contributed by atoms with Gasteiger partial charge in [0.25, 0.3) is 0 Å². The normalized spacial score (nSPS) is 11.3. The fraction of sp³-hybridized carbons (Fsp3) is 0.538. The average Bonchev–Trinajstić information content (AvgIpc) is 2.83. The van der Waals surface area contributed by atoms with Crippen molar-refractivity contribution in [3.8, 4) is 0 Å². The lowest BCUT2D eigenvalue weighted by atomic mass is 10.3. The highest BCUT2D eigenvalue weighted by atomic mass is 79.9. The van der Waals surface area contributed by atoms with Crippen LogP contribution in [0.15, 0.2) is 4.47 Å². The van der Waals surface area contributed by atoms with Gasteiger partial charge in [-0.3, -0.25) is 9.36 Å². The Kier molecular flexibility index (Phi) is 4.36. The predicted molar refractivity (Wildman–Crippen MR) is 80.8 cm³/mol. The Bertz CT molecular complexity index is 600. The first kappa shape index (κ1) is 14.6. The minimum atomic E-state index is 0.681. The van der Waals surface area contributed by atoms with Crippen molar-refractivity contribution in [1.29, 1.82) is 0 Å². The molecule has 0 aliphatic heterocycles. The molecule has 0 unspecified atom stereocenters.